The Morgan fingerprint density at radius 3 is 2.40 bits per heavy atom. The van der Waals surface area contributed by atoms with Crippen molar-refractivity contribution in [1.82, 2.24) is 5.32 Å². The highest BCUT2D eigenvalue weighted by molar-refractivity contribution is 7.90. The van der Waals surface area contributed by atoms with Gasteiger partial charge in [-0.2, -0.15) is 0 Å². The molecule has 0 unspecified atom stereocenters. The maximum Gasteiger partial charge on any atom is 0.251 e. The summed E-state index contributed by atoms with van der Waals surface area (Å²) < 4.78 is 23.5. The smallest absolute Gasteiger partial charge is 0.251 e. The highest BCUT2D eigenvalue weighted by Crippen LogP contribution is 2.26. The molecule has 0 saturated heterocycles. The van der Waals surface area contributed by atoms with Gasteiger partial charge in [-0.15, -0.1) is 0 Å². The first-order chi connectivity index (χ1) is 11.5. The number of amides is 1. The number of hydrogen-bond donors (Lipinski definition) is 1. The van der Waals surface area contributed by atoms with Gasteiger partial charge in [-0.3, -0.25) is 4.79 Å². The van der Waals surface area contributed by atoms with Crippen LogP contribution in [0.2, 0.25) is 10.0 Å². The summed E-state index contributed by atoms with van der Waals surface area (Å²) in [6, 6.07) is 11.7. The Hall–Kier alpha value is -1.56. The van der Waals surface area contributed by atoms with E-state index in [-0.39, 0.29) is 26.8 Å². The Kier molecular flexibility index (Phi) is 5.82. The number of sulfone groups is 1. The summed E-state index contributed by atoms with van der Waals surface area (Å²) in [7, 11) is -3.51. The van der Waals surface area contributed by atoms with Gasteiger partial charge in [-0.05, 0) is 35.9 Å². The van der Waals surface area contributed by atoms with Gasteiger partial charge in [0.15, 0.2) is 9.84 Å². The molecular formula is C18H19Cl2NO3S. The molecule has 0 aromatic heterocycles. The lowest BCUT2D eigenvalue weighted by Crippen LogP contribution is -2.36. The average molecular weight is 400 g/mol. The van der Waals surface area contributed by atoms with E-state index >= 15 is 0 Å². The van der Waals surface area contributed by atoms with Crippen molar-refractivity contribution in [3.8, 4) is 0 Å². The molecule has 0 saturated carbocycles. The first kappa shape index (κ1) is 19.8. The molecule has 134 valence electrons. The van der Waals surface area contributed by atoms with Gasteiger partial charge >= 0.3 is 0 Å². The molecule has 0 aliphatic carbocycles. The molecule has 25 heavy (non-hydrogen) atoms. The Morgan fingerprint density at radius 1 is 1.12 bits per heavy atom. The summed E-state index contributed by atoms with van der Waals surface area (Å²) in [4.78, 5) is 12.3. The van der Waals surface area contributed by atoms with Gasteiger partial charge in [0.2, 0.25) is 0 Å². The maximum absolute atomic E-state index is 12.4. The maximum atomic E-state index is 12.4. The van der Waals surface area contributed by atoms with Crippen LogP contribution in [0.15, 0.2) is 47.4 Å². The van der Waals surface area contributed by atoms with Gasteiger partial charge in [-0.1, -0.05) is 49.2 Å². The fourth-order valence-electron chi connectivity index (χ4n) is 2.34. The molecule has 4 nitrogen and oxygen atoms in total. The molecule has 0 radical (unpaired) electrons. The largest absolute Gasteiger partial charge is 0.351 e. The zero-order valence-corrected chi connectivity index (χ0v) is 16.5. The Bertz CT molecular complexity index is 908. The lowest BCUT2D eigenvalue weighted by Gasteiger charge is -2.26. The third-order valence-electron chi connectivity index (χ3n) is 3.89. The third kappa shape index (κ3) is 4.97. The van der Waals surface area contributed by atoms with Crippen LogP contribution in [0.1, 0.15) is 29.8 Å². The number of hydrogen-bond acceptors (Lipinski definition) is 3. The van der Waals surface area contributed by atoms with Crippen LogP contribution in [0.3, 0.4) is 0 Å². The molecule has 2 aromatic carbocycles. The number of carbonyl (C=O) groups is 1. The Balaban J connectivity index is 2.18. The summed E-state index contributed by atoms with van der Waals surface area (Å²) in [5.41, 5.74) is 0.895. The molecular weight excluding hydrogens is 381 g/mol. The summed E-state index contributed by atoms with van der Waals surface area (Å²) in [5, 5.41) is 3.56. The fraction of sp³-hybridized carbons (Fsp3) is 0.278. The van der Waals surface area contributed by atoms with E-state index in [2.05, 4.69) is 5.32 Å². The molecule has 2 rings (SSSR count). The van der Waals surface area contributed by atoms with Crippen LogP contribution in [0.5, 0.6) is 0 Å². The van der Waals surface area contributed by atoms with Gasteiger partial charge in [0.05, 0.1) is 9.92 Å². The van der Waals surface area contributed by atoms with E-state index in [0.717, 1.165) is 11.8 Å². The van der Waals surface area contributed by atoms with Crippen molar-refractivity contribution in [1.29, 1.82) is 0 Å². The minimum absolute atomic E-state index is 0.0593. The lowest BCUT2D eigenvalue weighted by atomic mass is 9.84. The number of carbonyl (C=O) groups excluding carboxylic acids is 1. The van der Waals surface area contributed by atoms with Crippen molar-refractivity contribution in [3.05, 3.63) is 63.6 Å². The Labute approximate surface area is 158 Å². The zero-order chi connectivity index (χ0) is 18.8. The van der Waals surface area contributed by atoms with Gasteiger partial charge < -0.3 is 5.32 Å². The standard InChI is InChI=1S/C18H19Cl2NO3S/c1-18(2,13-5-4-6-14(19)10-13)11-21-17(22)12-7-8-15(20)16(9-12)25(3,23)24/h4-10H,11H2,1-3H3,(H,21,22). The summed E-state index contributed by atoms with van der Waals surface area (Å²) in [6.07, 6.45) is 1.05. The third-order valence-corrected chi connectivity index (χ3v) is 5.70. The van der Waals surface area contributed by atoms with Crippen LogP contribution in [-0.4, -0.2) is 27.1 Å². The molecule has 0 aliphatic heterocycles. The number of rotatable bonds is 5. The molecule has 0 spiro atoms. The molecule has 0 heterocycles. The number of nitrogens with one attached hydrogen (secondary N) is 1. The second-order valence-corrected chi connectivity index (χ2v) is 9.32. The van der Waals surface area contributed by atoms with Crippen LogP contribution >= 0.6 is 23.2 Å². The minimum atomic E-state index is -3.51. The van der Waals surface area contributed by atoms with Crippen LogP contribution < -0.4 is 5.32 Å². The average Bonchev–Trinajstić information content (AvgIpc) is 2.52. The highest BCUT2D eigenvalue weighted by Gasteiger charge is 2.23. The van der Waals surface area contributed by atoms with Crippen LogP contribution in [-0.2, 0) is 15.3 Å². The van der Waals surface area contributed by atoms with Crippen LogP contribution in [0.4, 0.5) is 0 Å². The van der Waals surface area contributed by atoms with E-state index in [0.29, 0.717) is 11.6 Å². The molecule has 0 fully saturated rings. The van der Waals surface area contributed by atoms with Crippen LogP contribution in [0, 0.1) is 0 Å². The van der Waals surface area contributed by atoms with Crippen molar-refractivity contribution >= 4 is 38.9 Å². The van der Waals surface area contributed by atoms with E-state index in [1.54, 1.807) is 6.07 Å². The molecule has 1 N–H and O–H groups in total. The van der Waals surface area contributed by atoms with Crippen molar-refractivity contribution in [2.45, 2.75) is 24.2 Å². The van der Waals surface area contributed by atoms with Gasteiger partial charge in [0, 0.05) is 28.8 Å². The minimum Gasteiger partial charge on any atom is -0.351 e. The van der Waals surface area contributed by atoms with Crippen LogP contribution in [0.25, 0.3) is 0 Å². The molecule has 0 bridgehead atoms. The second-order valence-electron chi connectivity index (χ2n) is 6.49. The first-order valence-corrected chi connectivity index (χ1v) is 10.2. The van der Waals surface area contributed by atoms with Crippen molar-refractivity contribution in [2.24, 2.45) is 0 Å². The Morgan fingerprint density at radius 2 is 1.80 bits per heavy atom. The fourth-order valence-corrected chi connectivity index (χ4v) is 3.84. The van der Waals surface area contributed by atoms with Crippen molar-refractivity contribution in [2.75, 3.05) is 12.8 Å². The van der Waals surface area contributed by atoms with E-state index in [1.807, 2.05) is 32.0 Å². The zero-order valence-electron chi connectivity index (χ0n) is 14.1. The number of benzene rings is 2. The normalized spacial score (nSPS) is 12.0. The van der Waals surface area contributed by atoms with Gasteiger partial charge in [0.25, 0.3) is 5.91 Å². The highest BCUT2D eigenvalue weighted by atomic mass is 35.5. The van der Waals surface area contributed by atoms with Crippen molar-refractivity contribution in [3.63, 3.8) is 0 Å². The predicted molar refractivity (Wildman–Crippen MR) is 101 cm³/mol. The molecule has 0 atom stereocenters. The summed E-state index contributed by atoms with van der Waals surface area (Å²) in [5.74, 6) is -0.364. The van der Waals surface area contributed by atoms with E-state index < -0.39 is 9.84 Å². The number of halogens is 2. The molecule has 0 aliphatic rings. The molecule has 2 aromatic rings. The van der Waals surface area contributed by atoms with E-state index in [1.165, 1.54) is 18.2 Å². The predicted octanol–water partition coefficient (Wildman–Crippen LogP) is 4.10. The molecule has 1 amide bonds. The quantitative estimate of drug-likeness (QED) is 0.822. The molecule has 7 heteroatoms. The van der Waals surface area contributed by atoms with Gasteiger partial charge in [0.1, 0.15) is 0 Å². The lowest BCUT2D eigenvalue weighted by molar-refractivity contribution is 0.0945. The van der Waals surface area contributed by atoms with E-state index in [9.17, 15) is 13.2 Å². The topological polar surface area (TPSA) is 63.2 Å². The summed E-state index contributed by atoms with van der Waals surface area (Å²) >= 11 is 11.9. The van der Waals surface area contributed by atoms with E-state index in [4.69, 9.17) is 23.2 Å². The summed E-state index contributed by atoms with van der Waals surface area (Å²) in [6.45, 7) is 4.34. The monoisotopic (exact) mass is 399 g/mol. The second kappa shape index (κ2) is 7.36. The first-order valence-electron chi connectivity index (χ1n) is 7.54. The SMILES string of the molecule is CC(C)(CNC(=O)c1ccc(Cl)c(S(C)(=O)=O)c1)c1cccc(Cl)c1. The van der Waals surface area contributed by atoms with Crippen molar-refractivity contribution < 1.29 is 13.2 Å². The van der Waals surface area contributed by atoms with Gasteiger partial charge in [-0.25, -0.2) is 8.42 Å².